The molecule has 0 bridgehead atoms. The zero-order valence-corrected chi connectivity index (χ0v) is 22.5. The van der Waals surface area contributed by atoms with Crippen LogP contribution in [0.25, 0.3) is 16.9 Å². The van der Waals surface area contributed by atoms with Crippen LogP contribution in [-0.2, 0) is 36.4 Å². The molecule has 4 heterocycles. The minimum Gasteiger partial charge on any atom is -0.379 e. The van der Waals surface area contributed by atoms with Crippen LogP contribution in [0, 0.1) is 6.92 Å². The fourth-order valence-corrected chi connectivity index (χ4v) is 7.48. The van der Waals surface area contributed by atoms with Crippen molar-refractivity contribution in [1.29, 1.82) is 0 Å². The molecule has 0 saturated carbocycles. The maximum atomic E-state index is 13.8. The summed E-state index contributed by atoms with van der Waals surface area (Å²) in [5, 5.41) is 4.72. The van der Waals surface area contributed by atoms with E-state index in [1.165, 1.54) is 4.90 Å². The molecule has 39 heavy (non-hydrogen) atoms. The van der Waals surface area contributed by atoms with E-state index in [9.17, 15) is 18.0 Å². The number of sulfone groups is 1. The zero-order valence-electron chi connectivity index (χ0n) is 21.7. The van der Waals surface area contributed by atoms with E-state index < -0.39 is 21.8 Å². The SMILES string of the molecule is Cc1cccc2c1S(=O)(=O)Cc1c(C(=O)N3CCOCC3C=O)nn(-c3ccc(CN4CCOCC4)cc3)c1-2. The summed E-state index contributed by atoms with van der Waals surface area (Å²) in [6.07, 6.45) is 0.684. The second-order valence-electron chi connectivity index (χ2n) is 10.1. The van der Waals surface area contributed by atoms with Gasteiger partial charge in [0.2, 0.25) is 0 Å². The molecule has 204 valence electrons. The van der Waals surface area contributed by atoms with Crippen LogP contribution in [0.5, 0.6) is 0 Å². The highest BCUT2D eigenvalue weighted by Crippen LogP contribution is 2.42. The molecule has 11 heteroatoms. The average molecular weight is 551 g/mol. The Morgan fingerprint density at radius 3 is 2.54 bits per heavy atom. The average Bonchev–Trinajstić information content (AvgIpc) is 3.32. The standard InChI is InChI=1S/C28H30N4O6S/c1-19-3-2-4-23-26-24(18-39(35,36)27(19)23)25(28(34)31-11-14-38-17-22(31)16-33)29-32(26)21-7-5-20(6-8-21)15-30-9-12-37-13-10-30/h2-8,16,22H,9-15,17-18H2,1H3. The van der Waals surface area contributed by atoms with Gasteiger partial charge in [0.05, 0.1) is 48.5 Å². The van der Waals surface area contributed by atoms with Crippen molar-refractivity contribution in [2.75, 3.05) is 46.1 Å². The third-order valence-electron chi connectivity index (χ3n) is 7.57. The molecule has 10 nitrogen and oxygen atoms in total. The number of fused-ring (bicyclic) bond motifs is 3. The minimum atomic E-state index is -3.72. The molecule has 0 aliphatic carbocycles. The lowest BCUT2D eigenvalue weighted by Crippen LogP contribution is -2.49. The molecule has 1 unspecified atom stereocenters. The van der Waals surface area contributed by atoms with E-state index in [1.807, 2.05) is 30.3 Å². The summed E-state index contributed by atoms with van der Waals surface area (Å²) in [5.41, 5.74) is 4.01. The van der Waals surface area contributed by atoms with Gasteiger partial charge < -0.3 is 19.2 Å². The van der Waals surface area contributed by atoms with Gasteiger partial charge >= 0.3 is 0 Å². The van der Waals surface area contributed by atoms with Crippen molar-refractivity contribution < 1.29 is 27.5 Å². The molecule has 3 aliphatic heterocycles. The van der Waals surface area contributed by atoms with E-state index >= 15 is 0 Å². The number of morpholine rings is 2. The molecule has 0 spiro atoms. The number of amides is 1. The Bertz CT molecular complexity index is 1530. The normalized spacial score (nSPS) is 20.7. The number of hydrogen-bond acceptors (Lipinski definition) is 8. The highest BCUT2D eigenvalue weighted by Gasteiger charge is 2.39. The van der Waals surface area contributed by atoms with Crippen molar-refractivity contribution in [3.8, 4) is 16.9 Å². The maximum Gasteiger partial charge on any atom is 0.275 e. The van der Waals surface area contributed by atoms with E-state index in [0.29, 0.717) is 35.3 Å². The quantitative estimate of drug-likeness (QED) is 0.444. The van der Waals surface area contributed by atoms with E-state index in [4.69, 9.17) is 14.6 Å². The molecular formula is C28H30N4O6S. The number of nitrogens with zero attached hydrogens (tertiary/aromatic N) is 4. The lowest BCUT2D eigenvalue weighted by Gasteiger charge is -2.32. The van der Waals surface area contributed by atoms with Crippen molar-refractivity contribution in [3.05, 3.63) is 64.8 Å². The van der Waals surface area contributed by atoms with Crippen LogP contribution in [0.1, 0.15) is 27.2 Å². The predicted molar refractivity (Wildman–Crippen MR) is 142 cm³/mol. The van der Waals surface area contributed by atoms with Crippen LogP contribution in [0.4, 0.5) is 0 Å². The molecule has 2 saturated heterocycles. The molecule has 0 radical (unpaired) electrons. The number of carbonyl (C=O) groups is 2. The number of carbonyl (C=O) groups excluding carboxylic acids is 2. The Balaban J connectivity index is 1.46. The third kappa shape index (κ3) is 4.69. The fourth-order valence-electron chi connectivity index (χ4n) is 5.62. The first kappa shape index (κ1) is 25.9. The van der Waals surface area contributed by atoms with Crippen molar-refractivity contribution in [2.45, 2.75) is 30.2 Å². The van der Waals surface area contributed by atoms with Crippen LogP contribution >= 0.6 is 0 Å². The molecular weight excluding hydrogens is 520 g/mol. The van der Waals surface area contributed by atoms with Gasteiger partial charge in [-0.05, 0) is 30.2 Å². The summed E-state index contributed by atoms with van der Waals surface area (Å²) in [6.45, 7) is 6.41. The molecule has 6 rings (SSSR count). The zero-order chi connectivity index (χ0) is 27.1. The summed E-state index contributed by atoms with van der Waals surface area (Å²) in [5.74, 6) is -0.812. The Hall–Kier alpha value is -3.38. The van der Waals surface area contributed by atoms with Gasteiger partial charge in [-0.15, -0.1) is 0 Å². The molecule has 1 amide bonds. The van der Waals surface area contributed by atoms with E-state index in [0.717, 1.165) is 44.1 Å². The highest BCUT2D eigenvalue weighted by atomic mass is 32.2. The molecule has 3 aliphatic rings. The fraction of sp³-hybridized carbons (Fsp3) is 0.393. The molecule has 1 aromatic heterocycles. The van der Waals surface area contributed by atoms with Crippen molar-refractivity contribution in [1.82, 2.24) is 19.6 Å². The first-order chi connectivity index (χ1) is 18.9. The Morgan fingerprint density at radius 2 is 1.79 bits per heavy atom. The van der Waals surface area contributed by atoms with Crippen LogP contribution < -0.4 is 0 Å². The maximum absolute atomic E-state index is 13.8. The summed E-state index contributed by atoms with van der Waals surface area (Å²) in [6, 6.07) is 12.5. The second kappa shape index (κ2) is 10.3. The summed E-state index contributed by atoms with van der Waals surface area (Å²) in [7, 11) is -3.72. The van der Waals surface area contributed by atoms with E-state index in [2.05, 4.69) is 4.90 Å². The first-order valence-corrected chi connectivity index (χ1v) is 14.7. The van der Waals surface area contributed by atoms with E-state index in [1.54, 1.807) is 23.7 Å². The molecule has 1 atom stereocenters. The number of aryl methyl sites for hydroxylation is 1. The smallest absolute Gasteiger partial charge is 0.275 e. The van der Waals surface area contributed by atoms with Crippen LogP contribution in [0.15, 0.2) is 47.4 Å². The monoisotopic (exact) mass is 550 g/mol. The Kier molecular flexibility index (Phi) is 6.84. The number of aldehydes is 1. The van der Waals surface area contributed by atoms with Gasteiger partial charge in [0.25, 0.3) is 5.91 Å². The van der Waals surface area contributed by atoms with Crippen molar-refractivity contribution in [3.63, 3.8) is 0 Å². The van der Waals surface area contributed by atoms with Gasteiger partial charge in [-0.3, -0.25) is 9.69 Å². The van der Waals surface area contributed by atoms with Gasteiger partial charge in [-0.25, -0.2) is 13.1 Å². The van der Waals surface area contributed by atoms with Gasteiger partial charge in [0, 0.05) is 37.3 Å². The van der Waals surface area contributed by atoms with Gasteiger partial charge in [-0.1, -0.05) is 30.3 Å². The lowest BCUT2D eigenvalue weighted by molar-refractivity contribution is -0.116. The van der Waals surface area contributed by atoms with Crippen molar-refractivity contribution in [2.24, 2.45) is 0 Å². The van der Waals surface area contributed by atoms with Gasteiger partial charge in [0.1, 0.15) is 12.3 Å². The number of hydrogen-bond donors (Lipinski definition) is 0. The highest BCUT2D eigenvalue weighted by molar-refractivity contribution is 7.91. The Labute approximate surface area is 227 Å². The number of ether oxygens (including phenoxy) is 2. The summed E-state index contributed by atoms with van der Waals surface area (Å²) < 4.78 is 39.4. The summed E-state index contributed by atoms with van der Waals surface area (Å²) >= 11 is 0. The van der Waals surface area contributed by atoms with Crippen LogP contribution in [0.3, 0.4) is 0 Å². The number of aromatic nitrogens is 2. The predicted octanol–water partition coefficient (Wildman–Crippen LogP) is 2.01. The first-order valence-electron chi connectivity index (χ1n) is 13.1. The Morgan fingerprint density at radius 1 is 1.05 bits per heavy atom. The van der Waals surface area contributed by atoms with Crippen molar-refractivity contribution >= 4 is 22.0 Å². The molecule has 0 N–H and O–H groups in total. The second-order valence-corrected chi connectivity index (χ2v) is 12.1. The lowest BCUT2D eigenvalue weighted by atomic mass is 10.0. The van der Waals surface area contributed by atoms with Gasteiger partial charge in [-0.2, -0.15) is 5.10 Å². The van der Waals surface area contributed by atoms with Crippen LogP contribution in [0.2, 0.25) is 0 Å². The van der Waals surface area contributed by atoms with Crippen LogP contribution in [-0.4, -0.2) is 92.3 Å². The third-order valence-corrected chi connectivity index (χ3v) is 9.41. The molecule has 2 fully saturated rings. The minimum absolute atomic E-state index is 0.0480. The number of benzene rings is 2. The summed E-state index contributed by atoms with van der Waals surface area (Å²) in [4.78, 5) is 29.5. The van der Waals surface area contributed by atoms with E-state index in [-0.39, 0.29) is 29.5 Å². The molecule has 2 aromatic carbocycles. The largest absolute Gasteiger partial charge is 0.379 e. The molecule has 3 aromatic rings. The number of rotatable bonds is 5. The topological polar surface area (TPSA) is 111 Å². The van der Waals surface area contributed by atoms with Gasteiger partial charge in [0.15, 0.2) is 15.5 Å².